The third-order valence-corrected chi connectivity index (χ3v) is 4.29. The summed E-state index contributed by atoms with van der Waals surface area (Å²) in [6.45, 7) is 2.94. The van der Waals surface area contributed by atoms with Crippen LogP contribution in [0.3, 0.4) is 0 Å². The van der Waals surface area contributed by atoms with E-state index in [0.717, 1.165) is 28.9 Å². The second kappa shape index (κ2) is 4.66. The van der Waals surface area contributed by atoms with Crippen LogP contribution >= 0.6 is 23.6 Å². The molecule has 5 heteroatoms. The van der Waals surface area contributed by atoms with Crippen LogP contribution in [0.4, 0.5) is 0 Å². The van der Waals surface area contributed by atoms with Crippen molar-refractivity contribution in [3.8, 4) is 0 Å². The van der Waals surface area contributed by atoms with Gasteiger partial charge in [-0.3, -0.25) is 0 Å². The van der Waals surface area contributed by atoms with Crippen molar-refractivity contribution >= 4 is 34.7 Å². The minimum absolute atomic E-state index is 0.753. The number of rotatable bonds is 3. The number of pyridine rings is 1. The van der Waals surface area contributed by atoms with E-state index in [-0.39, 0.29) is 0 Å². The number of nitrogens with zero attached hydrogens (tertiary/aromatic N) is 2. The van der Waals surface area contributed by atoms with Gasteiger partial charge in [0.25, 0.3) is 0 Å². The number of fused-ring (bicyclic) bond motifs is 1. The molecule has 0 aliphatic heterocycles. The maximum Gasteiger partial charge on any atom is 0.179 e. The number of aromatic nitrogens is 3. The molecule has 0 amide bonds. The van der Waals surface area contributed by atoms with Gasteiger partial charge in [-0.1, -0.05) is 6.07 Å². The SMILES string of the molecule is Cc1ccnc2c1[nH]c(=S)n2CCc1cccs1. The molecule has 0 aromatic carbocycles. The summed E-state index contributed by atoms with van der Waals surface area (Å²) in [7, 11) is 0. The molecule has 0 radical (unpaired) electrons. The fraction of sp³-hybridized carbons (Fsp3) is 0.231. The zero-order chi connectivity index (χ0) is 12.5. The number of aromatic amines is 1. The highest BCUT2D eigenvalue weighted by Gasteiger charge is 2.07. The Morgan fingerprint density at radius 1 is 1.44 bits per heavy atom. The standard InChI is InChI=1S/C13H13N3S2/c1-9-4-6-14-12-11(9)15-13(17)16(12)7-5-10-3-2-8-18-10/h2-4,6,8H,5,7H2,1H3,(H,15,17). The van der Waals surface area contributed by atoms with Gasteiger partial charge < -0.3 is 9.55 Å². The van der Waals surface area contributed by atoms with Crippen LogP contribution < -0.4 is 0 Å². The molecule has 3 nitrogen and oxygen atoms in total. The Balaban J connectivity index is 1.99. The van der Waals surface area contributed by atoms with Crippen molar-refractivity contribution in [3.05, 3.63) is 45.0 Å². The topological polar surface area (TPSA) is 33.6 Å². The molecule has 0 aliphatic rings. The van der Waals surface area contributed by atoms with E-state index in [4.69, 9.17) is 12.2 Å². The second-order valence-corrected chi connectivity index (χ2v) is 5.66. The predicted molar refractivity (Wildman–Crippen MR) is 77.7 cm³/mol. The Kier molecular flexibility index (Phi) is 3.01. The van der Waals surface area contributed by atoms with Crippen molar-refractivity contribution < 1.29 is 0 Å². The summed E-state index contributed by atoms with van der Waals surface area (Å²) in [6.07, 6.45) is 2.83. The van der Waals surface area contributed by atoms with Gasteiger partial charge in [-0.2, -0.15) is 0 Å². The lowest BCUT2D eigenvalue weighted by Crippen LogP contribution is -2.01. The number of thiophene rings is 1. The predicted octanol–water partition coefficient (Wildman–Crippen LogP) is 3.71. The summed E-state index contributed by atoms with van der Waals surface area (Å²) in [5, 5.41) is 2.10. The summed E-state index contributed by atoms with van der Waals surface area (Å²) in [5.74, 6) is 0. The van der Waals surface area contributed by atoms with Gasteiger partial charge in [-0.05, 0) is 48.6 Å². The zero-order valence-electron chi connectivity index (χ0n) is 10.0. The van der Waals surface area contributed by atoms with Crippen molar-refractivity contribution in [1.29, 1.82) is 0 Å². The molecule has 3 rings (SSSR count). The number of nitrogens with one attached hydrogen (secondary N) is 1. The summed E-state index contributed by atoms with van der Waals surface area (Å²) in [6, 6.07) is 6.23. The molecule has 3 heterocycles. The minimum Gasteiger partial charge on any atom is -0.329 e. The van der Waals surface area contributed by atoms with E-state index in [2.05, 4.69) is 39.0 Å². The Hall–Kier alpha value is -1.46. The van der Waals surface area contributed by atoms with Crippen molar-refractivity contribution in [2.24, 2.45) is 0 Å². The lowest BCUT2D eigenvalue weighted by atomic mass is 10.3. The average molecular weight is 275 g/mol. The molecule has 0 aliphatic carbocycles. The van der Waals surface area contributed by atoms with Gasteiger partial charge in [-0.25, -0.2) is 4.98 Å². The number of hydrogen-bond acceptors (Lipinski definition) is 3. The molecule has 0 saturated heterocycles. The average Bonchev–Trinajstić information content (AvgIpc) is 2.95. The van der Waals surface area contributed by atoms with Crippen molar-refractivity contribution in [1.82, 2.24) is 14.5 Å². The van der Waals surface area contributed by atoms with Gasteiger partial charge in [-0.15, -0.1) is 11.3 Å². The first-order chi connectivity index (χ1) is 8.75. The second-order valence-electron chi connectivity index (χ2n) is 4.24. The van der Waals surface area contributed by atoms with Crippen LogP contribution in [0.1, 0.15) is 10.4 Å². The van der Waals surface area contributed by atoms with Gasteiger partial charge in [0.1, 0.15) is 0 Å². The minimum atomic E-state index is 0.753. The van der Waals surface area contributed by atoms with Gasteiger partial charge in [0.2, 0.25) is 0 Å². The molecule has 0 unspecified atom stereocenters. The first-order valence-electron chi connectivity index (χ1n) is 5.82. The third-order valence-electron chi connectivity index (χ3n) is 3.03. The molecule has 18 heavy (non-hydrogen) atoms. The molecular formula is C13H13N3S2. The quantitative estimate of drug-likeness (QED) is 0.739. The van der Waals surface area contributed by atoms with Gasteiger partial charge in [0.05, 0.1) is 5.52 Å². The summed E-state index contributed by atoms with van der Waals surface area (Å²) in [4.78, 5) is 9.05. The normalized spacial score (nSPS) is 11.2. The highest BCUT2D eigenvalue weighted by Crippen LogP contribution is 2.17. The van der Waals surface area contributed by atoms with Crippen molar-refractivity contribution in [2.75, 3.05) is 0 Å². The molecule has 92 valence electrons. The van der Waals surface area contributed by atoms with Gasteiger partial charge in [0.15, 0.2) is 10.4 Å². The fourth-order valence-corrected chi connectivity index (χ4v) is 3.04. The van der Waals surface area contributed by atoms with E-state index >= 15 is 0 Å². The van der Waals surface area contributed by atoms with Gasteiger partial charge in [0, 0.05) is 17.6 Å². The molecule has 1 N–H and O–H groups in total. The lowest BCUT2D eigenvalue weighted by molar-refractivity contribution is 0.706. The number of hydrogen-bond donors (Lipinski definition) is 1. The van der Waals surface area contributed by atoms with Crippen LogP contribution in [-0.2, 0) is 13.0 Å². The molecule has 0 fully saturated rings. The molecule has 0 spiro atoms. The molecule has 0 bridgehead atoms. The van der Waals surface area contributed by atoms with Crippen LogP contribution in [0.2, 0.25) is 0 Å². The molecule has 0 atom stereocenters. The smallest absolute Gasteiger partial charge is 0.179 e. The number of aryl methyl sites for hydroxylation is 3. The zero-order valence-corrected chi connectivity index (χ0v) is 11.6. The molecule has 3 aromatic heterocycles. The van der Waals surface area contributed by atoms with E-state index in [9.17, 15) is 0 Å². The van der Waals surface area contributed by atoms with Crippen molar-refractivity contribution in [3.63, 3.8) is 0 Å². The molecule has 0 saturated carbocycles. The highest BCUT2D eigenvalue weighted by atomic mass is 32.1. The molecular weight excluding hydrogens is 262 g/mol. The Bertz CT molecular complexity index is 722. The summed E-state index contributed by atoms with van der Waals surface area (Å²) >= 11 is 7.16. The maximum atomic E-state index is 5.38. The lowest BCUT2D eigenvalue weighted by Gasteiger charge is -2.02. The highest BCUT2D eigenvalue weighted by molar-refractivity contribution is 7.71. The Morgan fingerprint density at radius 3 is 3.11 bits per heavy atom. The van der Waals surface area contributed by atoms with Crippen LogP contribution in [-0.4, -0.2) is 14.5 Å². The van der Waals surface area contributed by atoms with E-state index in [1.165, 1.54) is 10.4 Å². The summed E-state index contributed by atoms with van der Waals surface area (Å²) in [5.41, 5.74) is 3.19. The van der Waals surface area contributed by atoms with Crippen LogP contribution in [0, 0.1) is 11.7 Å². The third kappa shape index (κ3) is 2.00. The summed E-state index contributed by atoms with van der Waals surface area (Å²) < 4.78 is 2.83. The number of imidazole rings is 1. The van der Waals surface area contributed by atoms with Crippen LogP contribution in [0.15, 0.2) is 29.8 Å². The first-order valence-corrected chi connectivity index (χ1v) is 7.11. The first kappa shape index (κ1) is 11.6. The van der Waals surface area contributed by atoms with E-state index in [1.807, 2.05) is 12.3 Å². The maximum absolute atomic E-state index is 5.38. The fourth-order valence-electron chi connectivity index (χ4n) is 2.06. The van der Waals surface area contributed by atoms with Crippen molar-refractivity contribution in [2.45, 2.75) is 19.9 Å². The molecule has 3 aromatic rings. The van der Waals surface area contributed by atoms with Crippen LogP contribution in [0.5, 0.6) is 0 Å². The Labute approximate surface area is 114 Å². The van der Waals surface area contributed by atoms with Gasteiger partial charge >= 0.3 is 0 Å². The Morgan fingerprint density at radius 2 is 2.33 bits per heavy atom. The largest absolute Gasteiger partial charge is 0.329 e. The monoisotopic (exact) mass is 275 g/mol. The number of H-pyrrole nitrogens is 1. The van der Waals surface area contributed by atoms with Crippen LogP contribution in [0.25, 0.3) is 11.2 Å². The van der Waals surface area contributed by atoms with E-state index in [1.54, 1.807) is 11.3 Å². The van der Waals surface area contributed by atoms with E-state index in [0.29, 0.717) is 0 Å². The van der Waals surface area contributed by atoms with E-state index < -0.39 is 0 Å².